The molecule has 0 spiro atoms. The molecule has 1 aromatic rings. The molecule has 4 nitrogen and oxygen atoms in total. The molecule has 0 saturated carbocycles. The fourth-order valence-electron chi connectivity index (χ4n) is 2.51. The molecule has 2 aliphatic rings. The van der Waals surface area contributed by atoms with Gasteiger partial charge in [0.15, 0.2) is 0 Å². The Bertz CT molecular complexity index is 385. The predicted molar refractivity (Wildman–Crippen MR) is 71.4 cm³/mol. The lowest BCUT2D eigenvalue weighted by Crippen LogP contribution is -2.43. The summed E-state index contributed by atoms with van der Waals surface area (Å²) < 4.78 is 11.4. The van der Waals surface area contributed by atoms with E-state index in [1.54, 1.807) is 0 Å². The first-order chi connectivity index (χ1) is 8.93. The van der Waals surface area contributed by atoms with E-state index in [0.29, 0.717) is 0 Å². The van der Waals surface area contributed by atoms with E-state index < -0.39 is 0 Å². The Kier molecular flexibility index (Phi) is 3.67. The second-order valence-electron chi connectivity index (χ2n) is 4.81. The number of rotatable bonds is 3. The van der Waals surface area contributed by atoms with E-state index in [4.69, 9.17) is 9.47 Å². The monoisotopic (exact) mass is 248 g/mol. The topological polar surface area (TPSA) is 33.7 Å². The highest BCUT2D eigenvalue weighted by Crippen LogP contribution is 2.30. The van der Waals surface area contributed by atoms with Gasteiger partial charge in [0.25, 0.3) is 0 Å². The lowest BCUT2D eigenvalue weighted by atomic mass is 10.2. The SMILES string of the molecule is c1ccc(N2CCNCC2)c(OC2CCOC2)c1. The minimum atomic E-state index is 0.217. The zero-order valence-electron chi connectivity index (χ0n) is 10.6. The maximum atomic E-state index is 6.07. The number of hydrogen-bond acceptors (Lipinski definition) is 4. The van der Waals surface area contributed by atoms with Crippen molar-refractivity contribution in [2.24, 2.45) is 0 Å². The van der Waals surface area contributed by atoms with Gasteiger partial charge in [0.05, 0.1) is 18.9 Å². The van der Waals surface area contributed by atoms with Gasteiger partial charge in [0, 0.05) is 32.6 Å². The van der Waals surface area contributed by atoms with Crippen LogP contribution in [0.4, 0.5) is 5.69 Å². The standard InChI is InChI=1S/C14H20N2O2/c1-2-4-14(18-12-5-10-17-11-12)13(3-1)16-8-6-15-7-9-16/h1-4,12,15H,5-11H2. The van der Waals surface area contributed by atoms with Crippen LogP contribution in [-0.2, 0) is 4.74 Å². The average Bonchev–Trinajstić information content (AvgIpc) is 2.93. The minimum Gasteiger partial charge on any atom is -0.486 e. The molecule has 2 saturated heterocycles. The van der Waals surface area contributed by atoms with Gasteiger partial charge in [-0.05, 0) is 12.1 Å². The van der Waals surface area contributed by atoms with E-state index >= 15 is 0 Å². The largest absolute Gasteiger partial charge is 0.486 e. The van der Waals surface area contributed by atoms with Crippen molar-refractivity contribution in [3.8, 4) is 5.75 Å². The van der Waals surface area contributed by atoms with Gasteiger partial charge in [-0.25, -0.2) is 0 Å². The van der Waals surface area contributed by atoms with Crippen molar-refractivity contribution in [3.05, 3.63) is 24.3 Å². The van der Waals surface area contributed by atoms with E-state index in [9.17, 15) is 0 Å². The predicted octanol–water partition coefficient (Wildman–Crippen LogP) is 1.26. The van der Waals surface area contributed by atoms with Gasteiger partial charge in [-0.3, -0.25) is 0 Å². The van der Waals surface area contributed by atoms with E-state index in [1.807, 2.05) is 6.07 Å². The molecule has 18 heavy (non-hydrogen) atoms. The molecular weight excluding hydrogens is 228 g/mol. The van der Waals surface area contributed by atoms with Crippen LogP contribution in [0.1, 0.15) is 6.42 Å². The Morgan fingerprint density at radius 2 is 2.06 bits per heavy atom. The van der Waals surface area contributed by atoms with E-state index in [-0.39, 0.29) is 6.10 Å². The van der Waals surface area contributed by atoms with Crippen molar-refractivity contribution in [2.75, 3.05) is 44.3 Å². The average molecular weight is 248 g/mol. The Balaban J connectivity index is 1.75. The summed E-state index contributed by atoms with van der Waals surface area (Å²) in [6.07, 6.45) is 1.21. The first-order valence-electron chi connectivity index (χ1n) is 6.72. The molecule has 3 rings (SSSR count). The first kappa shape index (κ1) is 11.8. The molecule has 2 aliphatic heterocycles. The molecule has 0 aliphatic carbocycles. The molecule has 4 heteroatoms. The second-order valence-corrected chi connectivity index (χ2v) is 4.81. The first-order valence-corrected chi connectivity index (χ1v) is 6.72. The summed E-state index contributed by atoms with van der Waals surface area (Å²) in [6, 6.07) is 8.33. The van der Waals surface area contributed by atoms with Crippen molar-refractivity contribution in [3.63, 3.8) is 0 Å². The van der Waals surface area contributed by atoms with Crippen molar-refractivity contribution < 1.29 is 9.47 Å². The van der Waals surface area contributed by atoms with Crippen LogP contribution >= 0.6 is 0 Å². The number of para-hydroxylation sites is 2. The lowest BCUT2D eigenvalue weighted by Gasteiger charge is -2.31. The number of ether oxygens (including phenoxy) is 2. The number of hydrogen-bond donors (Lipinski definition) is 1. The van der Waals surface area contributed by atoms with Gasteiger partial charge in [-0.2, -0.15) is 0 Å². The van der Waals surface area contributed by atoms with Crippen molar-refractivity contribution in [1.82, 2.24) is 5.32 Å². The lowest BCUT2D eigenvalue weighted by molar-refractivity contribution is 0.141. The molecule has 1 unspecified atom stereocenters. The van der Waals surface area contributed by atoms with Gasteiger partial charge in [0.2, 0.25) is 0 Å². The highest BCUT2D eigenvalue weighted by atomic mass is 16.5. The fourth-order valence-corrected chi connectivity index (χ4v) is 2.51. The molecule has 0 aromatic heterocycles. The third-order valence-corrected chi connectivity index (χ3v) is 3.50. The van der Waals surface area contributed by atoms with Crippen LogP contribution < -0.4 is 15.0 Å². The number of anilines is 1. The van der Waals surface area contributed by atoms with E-state index in [0.717, 1.165) is 51.6 Å². The highest BCUT2D eigenvalue weighted by molar-refractivity contribution is 5.58. The summed E-state index contributed by atoms with van der Waals surface area (Å²) >= 11 is 0. The third-order valence-electron chi connectivity index (χ3n) is 3.50. The normalized spacial score (nSPS) is 24.2. The van der Waals surface area contributed by atoms with Gasteiger partial charge >= 0.3 is 0 Å². The van der Waals surface area contributed by atoms with Crippen molar-refractivity contribution in [1.29, 1.82) is 0 Å². The van der Waals surface area contributed by atoms with Crippen molar-refractivity contribution in [2.45, 2.75) is 12.5 Å². The summed E-state index contributed by atoms with van der Waals surface area (Å²) in [4.78, 5) is 2.39. The Morgan fingerprint density at radius 3 is 2.83 bits per heavy atom. The molecule has 98 valence electrons. The quantitative estimate of drug-likeness (QED) is 0.873. The molecular formula is C14H20N2O2. The molecule has 1 atom stereocenters. The Labute approximate surface area is 108 Å². The summed E-state index contributed by atoms with van der Waals surface area (Å²) in [7, 11) is 0. The zero-order valence-corrected chi connectivity index (χ0v) is 10.6. The smallest absolute Gasteiger partial charge is 0.143 e. The number of piperazine rings is 1. The van der Waals surface area contributed by atoms with Gasteiger partial charge in [-0.1, -0.05) is 12.1 Å². The van der Waals surface area contributed by atoms with Crippen LogP contribution in [0.3, 0.4) is 0 Å². The Morgan fingerprint density at radius 1 is 1.22 bits per heavy atom. The fraction of sp³-hybridized carbons (Fsp3) is 0.571. The molecule has 2 heterocycles. The second kappa shape index (κ2) is 5.59. The number of nitrogens with zero attached hydrogens (tertiary/aromatic N) is 1. The molecule has 0 radical (unpaired) electrons. The molecule has 2 fully saturated rings. The van der Waals surface area contributed by atoms with Crippen molar-refractivity contribution >= 4 is 5.69 Å². The van der Waals surface area contributed by atoms with Gasteiger partial charge < -0.3 is 19.7 Å². The molecule has 0 bridgehead atoms. The van der Waals surface area contributed by atoms with Crippen LogP contribution in [0.15, 0.2) is 24.3 Å². The maximum absolute atomic E-state index is 6.07. The maximum Gasteiger partial charge on any atom is 0.143 e. The summed E-state index contributed by atoms with van der Waals surface area (Å²) in [5.74, 6) is 0.995. The van der Waals surface area contributed by atoms with Crippen LogP contribution in [0, 0.1) is 0 Å². The Hall–Kier alpha value is -1.26. The van der Waals surface area contributed by atoms with Crippen LogP contribution in [0.2, 0.25) is 0 Å². The van der Waals surface area contributed by atoms with Gasteiger partial charge in [-0.15, -0.1) is 0 Å². The van der Waals surface area contributed by atoms with Crippen LogP contribution in [-0.4, -0.2) is 45.5 Å². The number of benzene rings is 1. The molecule has 1 N–H and O–H groups in total. The van der Waals surface area contributed by atoms with Gasteiger partial charge in [0.1, 0.15) is 11.9 Å². The molecule has 0 amide bonds. The zero-order chi connectivity index (χ0) is 12.2. The van der Waals surface area contributed by atoms with E-state index in [1.165, 1.54) is 5.69 Å². The van der Waals surface area contributed by atoms with E-state index in [2.05, 4.69) is 28.4 Å². The van der Waals surface area contributed by atoms with Crippen LogP contribution in [0.25, 0.3) is 0 Å². The van der Waals surface area contributed by atoms with Crippen LogP contribution in [0.5, 0.6) is 5.75 Å². The summed E-state index contributed by atoms with van der Waals surface area (Å²) in [5, 5.41) is 3.37. The minimum absolute atomic E-state index is 0.217. The highest BCUT2D eigenvalue weighted by Gasteiger charge is 2.20. The number of nitrogens with one attached hydrogen (secondary N) is 1. The summed E-state index contributed by atoms with van der Waals surface area (Å²) in [6.45, 7) is 5.71. The third kappa shape index (κ3) is 2.60. The molecule has 1 aromatic carbocycles. The summed E-state index contributed by atoms with van der Waals surface area (Å²) in [5.41, 5.74) is 1.21.